The molecule has 0 unspecified atom stereocenters. The first-order valence-corrected chi connectivity index (χ1v) is 8.11. The standard InChI is InChI=1S/C18H24N4O4/c1-10(2)19-18(23)13-9-16(21-11(3)20-13)22-12-7-14(24-4)17(26-6)15(8-12)25-5/h7-10H,1-6H3,(H,19,23)(H,20,21,22). The minimum atomic E-state index is -0.251. The molecule has 0 atom stereocenters. The van der Waals surface area contributed by atoms with Crippen LogP contribution in [0.15, 0.2) is 18.2 Å². The fourth-order valence-corrected chi connectivity index (χ4v) is 2.39. The number of aromatic nitrogens is 2. The van der Waals surface area contributed by atoms with E-state index in [0.29, 0.717) is 40.3 Å². The molecule has 1 amide bonds. The van der Waals surface area contributed by atoms with Crippen molar-refractivity contribution in [1.29, 1.82) is 0 Å². The molecule has 8 nitrogen and oxygen atoms in total. The van der Waals surface area contributed by atoms with Crippen LogP contribution in [-0.2, 0) is 0 Å². The molecular formula is C18H24N4O4. The molecule has 1 aromatic carbocycles. The van der Waals surface area contributed by atoms with Crippen LogP contribution in [0.4, 0.5) is 11.5 Å². The number of nitrogens with zero attached hydrogens (tertiary/aromatic N) is 2. The summed E-state index contributed by atoms with van der Waals surface area (Å²) >= 11 is 0. The molecule has 0 bridgehead atoms. The summed E-state index contributed by atoms with van der Waals surface area (Å²) in [6, 6.07) is 5.12. The molecule has 1 heterocycles. The SMILES string of the molecule is COc1cc(Nc2cc(C(=O)NC(C)C)nc(C)n2)cc(OC)c1OC. The van der Waals surface area contributed by atoms with Gasteiger partial charge in [0.25, 0.3) is 5.91 Å². The van der Waals surface area contributed by atoms with Crippen LogP contribution >= 0.6 is 0 Å². The van der Waals surface area contributed by atoms with Gasteiger partial charge in [-0.3, -0.25) is 4.79 Å². The quantitative estimate of drug-likeness (QED) is 0.784. The highest BCUT2D eigenvalue weighted by molar-refractivity contribution is 5.93. The van der Waals surface area contributed by atoms with E-state index in [2.05, 4.69) is 20.6 Å². The second-order valence-electron chi connectivity index (χ2n) is 5.85. The van der Waals surface area contributed by atoms with Crippen LogP contribution in [-0.4, -0.2) is 43.2 Å². The number of aryl methyl sites for hydroxylation is 1. The molecule has 0 spiro atoms. The Labute approximate surface area is 152 Å². The number of amides is 1. The molecule has 0 radical (unpaired) electrons. The van der Waals surface area contributed by atoms with Gasteiger partial charge in [-0.15, -0.1) is 0 Å². The molecule has 8 heteroatoms. The number of anilines is 2. The zero-order chi connectivity index (χ0) is 19.3. The van der Waals surface area contributed by atoms with Crippen LogP contribution in [0.2, 0.25) is 0 Å². The molecule has 0 aliphatic rings. The first kappa shape index (κ1) is 19.3. The van der Waals surface area contributed by atoms with Crippen LogP contribution in [0.1, 0.15) is 30.2 Å². The molecule has 140 valence electrons. The van der Waals surface area contributed by atoms with E-state index in [-0.39, 0.29) is 11.9 Å². The second kappa shape index (κ2) is 8.37. The van der Waals surface area contributed by atoms with Gasteiger partial charge < -0.3 is 24.8 Å². The van der Waals surface area contributed by atoms with Gasteiger partial charge in [-0.05, 0) is 20.8 Å². The maximum Gasteiger partial charge on any atom is 0.270 e. The van der Waals surface area contributed by atoms with Crippen LogP contribution in [0, 0.1) is 6.92 Å². The smallest absolute Gasteiger partial charge is 0.270 e. The van der Waals surface area contributed by atoms with Crippen LogP contribution < -0.4 is 24.8 Å². The summed E-state index contributed by atoms with van der Waals surface area (Å²) in [7, 11) is 4.63. The predicted octanol–water partition coefficient (Wildman–Crippen LogP) is 2.69. The van der Waals surface area contributed by atoms with E-state index in [1.54, 1.807) is 46.5 Å². The fraction of sp³-hybridized carbons (Fsp3) is 0.389. The van der Waals surface area contributed by atoms with Crippen molar-refractivity contribution < 1.29 is 19.0 Å². The van der Waals surface area contributed by atoms with Gasteiger partial charge in [0.1, 0.15) is 17.3 Å². The van der Waals surface area contributed by atoms with Crippen molar-refractivity contribution in [2.75, 3.05) is 26.6 Å². The van der Waals surface area contributed by atoms with E-state index >= 15 is 0 Å². The van der Waals surface area contributed by atoms with Gasteiger partial charge in [-0.2, -0.15) is 0 Å². The van der Waals surface area contributed by atoms with E-state index in [1.807, 2.05) is 13.8 Å². The number of hydrogen-bond donors (Lipinski definition) is 2. The lowest BCUT2D eigenvalue weighted by Crippen LogP contribution is -2.31. The summed E-state index contributed by atoms with van der Waals surface area (Å²) < 4.78 is 16.0. The Morgan fingerprint density at radius 2 is 1.62 bits per heavy atom. The van der Waals surface area contributed by atoms with E-state index in [0.717, 1.165) is 0 Å². The molecule has 2 rings (SSSR count). The van der Waals surface area contributed by atoms with Crippen LogP contribution in [0.3, 0.4) is 0 Å². The number of rotatable bonds is 7. The van der Waals surface area contributed by atoms with Gasteiger partial charge in [0.05, 0.1) is 21.3 Å². The maximum atomic E-state index is 12.2. The Morgan fingerprint density at radius 3 is 2.12 bits per heavy atom. The van der Waals surface area contributed by atoms with Crippen molar-refractivity contribution in [3.05, 3.63) is 29.7 Å². The number of hydrogen-bond acceptors (Lipinski definition) is 7. The van der Waals surface area contributed by atoms with Crippen molar-refractivity contribution in [1.82, 2.24) is 15.3 Å². The number of carbonyl (C=O) groups is 1. The zero-order valence-corrected chi connectivity index (χ0v) is 15.8. The third-order valence-electron chi connectivity index (χ3n) is 3.43. The Hall–Kier alpha value is -3.03. The summed E-state index contributed by atoms with van der Waals surface area (Å²) in [5, 5.41) is 5.96. The van der Waals surface area contributed by atoms with Crippen molar-refractivity contribution in [3.63, 3.8) is 0 Å². The first-order chi connectivity index (χ1) is 12.4. The molecule has 0 aliphatic heterocycles. The van der Waals surface area contributed by atoms with Crippen molar-refractivity contribution in [2.45, 2.75) is 26.8 Å². The number of nitrogens with one attached hydrogen (secondary N) is 2. The van der Waals surface area contributed by atoms with Gasteiger partial charge in [-0.1, -0.05) is 0 Å². The first-order valence-electron chi connectivity index (χ1n) is 8.11. The number of carbonyl (C=O) groups excluding carboxylic acids is 1. The Balaban J connectivity index is 2.36. The van der Waals surface area contributed by atoms with Crippen molar-refractivity contribution in [2.24, 2.45) is 0 Å². The number of benzene rings is 1. The van der Waals surface area contributed by atoms with Crippen LogP contribution in [0.25, 0.3) is 0 Å². The molecule has 2 aromatic rings. The summed E-state index contributed by atoms with van der Waals surface area (Å²) in [5.74, 6) is 2.24. The summed E-state index contributed by atoms with van der Waals surface area (Å²) in [5.41, 5.74) is 0.967. The van der Waals surface area contributed by atoms with Gasteiger partial charge >= 0.3 is 0 Å². The molecule has 0 saturated carbocycles. The number of methoxy groups -OCH3 is 3. The van der Waals surface area contributed by atoms with Crippen molar-refractivity contribution >= 4 is 17.4 Å². The summed E-state index contributed by atoms with van der Waals surface area (Å²) in [6.07, 6.45) is 0. The molecule has 0 saturated heterocycles. The molecular weight excluding hydrogens is 336 g/mol. The molecule has 1 aromatic heterocycles. The van der Waals surface area contributed by atoms with Crippen LogP contribution in [0.5, 0.6) is 17.2 Å². The normalized spacial score (nSPS) is 10.4. The van der Waals surface area contributed by atoms with Gasteiger partial charge in [-0.25, -0.2) is 9.97 Å². The Kier molecular flexibility index (Phi) is 6.21. The highest BCUT2D eigenvalue weighted by atomic mass is 16.5. The fourth-order valence-electron chi connectivity index (χ4n) is 2.39. The Morgan fingerprint density at radius 1 is 1.00 bits per heavy atom. The monoisotopic (exact) mass is 360 g/mol. The highest BCUT2D eigenvalue weighted by Gasteiger charge is 2.15. The molecule has 26 heavy (non-hydrogen) atoms. The lowest BCUT2D eigenvalue weighted by molar-refractivity contribution is 0.0937. The predicted molar refractivity (Wildman–Crippen MR) is 98.8 cm³/mol. The summed E-state index contributed by atoms with van der Waals surface area (Å²) in [6.45, 7) is 5.51. The lowest BCUT2D eigenvalue weighted by Gasteiger charge is -2.15. The Bertz CT molecular complexity index is 768. The second-order valence-corrected chi connectivity index (χ2v) is 5.85. The molecule has 2 N–H and O–H groups in total. The summed E-state index contributed by atoms with van der Waals surface area (Å²) in [4.78, 5) is 20.7. The topological polar surface area (TPSA) is 94.6 Å². The van der Waals surface area contributed by atoms with E-state index < -0.39 is 0 Å². The third-order valence-corrected chi connectivity index (χ3v) is 3.43. The zero-order valence-electron chi connectivity index (χ0n) is 15.8. The minimum absolute atomic E-state index is 0.0179. The average Bonchev–Trinajstić information content (AvgIpc) is 2.59. The minimum Gasteiger partial charge on any atom is -0.493 e. The third kappa shape index (κ3) is 4.53. The maximum absolute atomic E-state index is 12.2. The average molecular weight is 360 g/mol. The highest BCUT2D eigenvalue weighted by Crippen LogP contribution is 2.40. The van der Waals surface area contributed by atoms with E-state index in [4.69, 9.17) is 14.2 Å². The van der Waals surface area contributed by atoms with Gasteiger partial charge in [0, 0.05) is 29.9 Å². The van der Waals surface area contributed by atoms with E-state index in [1.165, 1.54) is 0 Å². The molecule has 0 fully saturated rings. The molecule has 0 aliphatic carbocycles. The largest absolute Gasteiger partial charge is 0.493 e. The lowest BCUT2D eigenvalue weighted by atomic mass is 10.2. The van der Waals surface area contributed by atoms with Gasteiger partial charge in [0.2, 0.25) is 5.75 Å². The number of ether oxygens (including phenoxy) is 3. The van der Waals surface area contributed by atoms with Gasteiger partial charge in [0.15, 0.2) is 11.5 Å². The van der Waals surface area contributed by atoms with E-state index in [9.17, 15) is 4.79 Å². The van der Waals surface area contributed by atoms with Crippen molar-refractivity contribution in [3.8, 4) is 17.2 Å².